The van der Waals surface area contributed by atoms with Crippen LogP contribution in [-0.2, 0) is 16.1 Å². The van der Waals surface area contributed by atoms with E-state index in [0.717, 1.165) is 17.0 Å². The Balaban J connectivity index is 1.55. The van der Waals surface area contributed by atoms with Crippen molar-refractivity contribution in [3.05, 3.63) is 53.2 Å². The van der Waals surface area contributed by atoms with Gasteiger partial charge in [-0.05, 0) is 31.7 Å². The second kappa shape index (κ2) is 7.76. The van der Waals surface area contributed by atoms with Gasteiger partial charge in [-0.15, -0.1) is 0 Å². The van der Waals surface area contributed by atoms with E-state index in [0.29, 0.717) is 32.8 Å². The predicted molar refractivity (Wildman–Crippen MR) is 89.2 cm³/mol. The normalized spacial score (nSPS) is 17.9. The molecule has 3 rings (SSSR count). The number of hydrogen-bond donors (Lipinski definition) is 0. The van der Waals surface area contributed by atoms with Gasteiger partial charge >= 0.3 is 0 Å². The van der Waals surface area contributed by atoms with Crippen LogP contribution in [0.5, 0.6) is 0 Å². The van der Waals surface area contributed by atoms with Crippen molar-refractivity contribution in [2.24, 2.45) is 0 Å². The van der Waals surface area contributed by atoms with E-state index in [2.05, 4.69) is 5.16 Å². The van der Waals surface area contributed by atoms with E-state index in [-0.39, 0.29) is 17.8 Å². The van der Waals surface area contributed by atoms with Crippen LogP contribution in [0, 0.1) is 12.7 Å². The van der Waals surface area contributed by atoms with Crippen LogP contribution in [0.15, 0.2) is 34.9 Å². The number of aromatic nitrogens is 1. The Morgan fingerprint density at radius 2 is 2.16 bits per heavy atom. The summed E-state index contributed by atoms with van der Waals surface area (Å²) < 4.78 is 23.8. The second-order valence-corrected chi connectivity index (χ2v) is 6.35. The fourth-order valence-corrected chi connectivity index (χ4v) is 2.91. The van der Waals surface area contributed by atoms with Crippen molar-refractivity contribution < 1.29 is 18.4 Å². The van der Waals surface area contributed by atoms with Gasteiger partial charge in [-0.25, -0.2) is 4.39 Å². The highest BCUT2D eigenvalue weighted by atomic mass is 19.1. The zero-order valence-electron chi connectivity index (χ0n) is 14.4. The Morgan fingerprint density at radius 3 is 2.84 bits per heavy atom. The third-order valence-corrected chi connectivity index (χ3v) is 4.17. The number of likely N-dealkylation sites (N-methyl/N-ethyl adjacent to an activating group) is 1. The lowest BCUT2D eigenvalue weighted by atomic mass is 10.1. The van der Waals surface area contributed by atoms with E-state index in [9.17, 15) is 9.18 Å². The second-order valence-electron chi connectivity index (χ2n) is 6.35. The van der Waals surface area contributed by atoms with Crippen LogP contribution in [0.4, 0.5) is 4.39 Å². The first kappa shape index (κ1) is 17.6. The van der Waals surface area contributed by atoms with Crippen molar-refractivity contribution in [3.63, 3.8) is 0 Å². The van der Waals surface area contributed by atoms with Crippen molar-refractivity contribution in [3.8, 4) is 0 Å². The van der Waals surface area contributed by atoms with Crippen LogP contribution in [0.1, 0.15) is 23.1 Å². The first-order valence-electron chi connectivity index (χ1n) is 8.27. The molecule has 1 aromatic carbocycles. The molecular weight excluding hydrogens is 325 g/mol. The number of aryl methyl sites for hydroxylation is 1. The lowest BCUT2D eigenvalue weighted by Gasteiger charge is -2.34. The number of morpholine rings is 1. The van der Waals surface area contributed by atoms with Gasteiger partial charge in [-0.2, -0.15) is 0 Å². The molecule has 2 aromatic rings. The molecule has 1 aromatic heterocycles. The fraction of sp³-hybridized carbons (Fsp3) is 0.444. The third-order valence-electron chi connectivity index (χ3n) is 4.17. The van der Waals surface area contributed by atoms with Crippen LogP contribution >= 0.6 is 0 Å². The Kier molecular flexibility index (Phi) is 5.45. The fourth-order valence-electron chi connectivity index (χ4n) is 2.91. The number of hydrogen-bond acceptors (Lipinski definition) is 5. The van der Waals surface area contributed by atoms with Gasteiger partial charge in [-0.3, -0.25) is 9.69 Å². The Hall–Kier alpha value is -2.25. The largest absolute Gasteiger partial charge is 0.370 e. The van der Waals surface area contributed by atoms with Gasteiger partial charge < -0.3 is 14.2 Å². The van der Waals surface area contributed by atoms with Crippen molar-refractivity contribution in [2.75, 3.05) is 33.3 Å². The molecule has 2 heterocycles. The maximum Gasteiger partial charge on any atom is 0.236 e. The van der Waals surface area contributed by atoms with E-state index in [1.54, 1.807) is 17.0 Å². The maximum atomic E-state index is 13.1. The van der Waals surface area contributed by atoms with E-state index in [1.165, 1.54) is 12.1 Å². The summed E-state index contributed by atoms with van der Waals surface area (Å²) in [6.07, 6.45) is -0.221. The molecule has 1 fully saturated rings. The molecule has 7 heteroatoms. The molecule has 0 spiro atoms. The summed E-state index contributed by atoms with van der Waals surface area (Å²) in [5.74, 6) is 0.514. The standard InChI is InChI=1S/C18H22FN3O3/c1-13-9-16(20-25-13)10-21(2)12-18(23)22-7-8-24-17(11-22)14-3-5-15(19)6-4-14/h3-6,9,17H,7-8,10-12H2,1-2H3. The minimum Gasteiger partial charge on any atom is -0.370 e. The average Bonchev–Trinajstić information content (AvgIpc) is 3.00. The number of carbonyl (C=O) groups excluding carboxylic acids is 1. The van der Waals surface area contributed by atoms with Crippen molar-refractivity contribution in [1.82, 2.24) is 15.0 Å². The number of nitrogens with zero attached hydrogens (tertiary/aromatic N) is 3. The monoisotopic (exact) mass is 347 g/mol. The summed E-state index contributed by atoms with van der Waals surface area (Å²) in [5.41, 5.74) is 1.68. The van der Waals surface area contributed by atoms with Gasteiger partial charge in [0.2, 0.25) is 5.91 Å². The Labute approximate surface area is 146 Å². The highest BCUT2D eigenvalue weighted by Gasteiger charge is 2.26. The molecular formula is C18H22FN3O3. The van der Waals surface area contributed by atoms with E-state index in [1.807, 2.05) is 24.9 Å². The lowest BCUT2D eigenvalue weighted by Crippen LogP contribution is -2.46. The molecule has 0 N–H and O–H groups in total. The van der Waals surface area contributed by atoms with Crippen molar-refractivity contribution in [1.29, 1.82) is 0 Å². The predicted octanol–water partition coefficient (Wildman–Crippen LogP) is 2.15. The summed E-state index contributed by atoms with van der Waals surface area (Å²) in [4.78, 5) is 16.3. The molecule has 6 nitrogen and oxygen atoms in total. The van der Waals surface area contributed by atoms with E-state index in [4.69, 9.17) is 9.26 Å². The van der Waals surface area contributed by atoms with Gasteiger partial charge in [0.05, 0.1) is 25.4 Å². The van der Waals surface area contributed by atoms with Gasteiger partial charge in [0, 0.05) is 19.2 Å². The van der Waals surface area contributed by atoms with Gasteiger partial charge in [0.15, 0.2) is 0 Å². The summed E-state index contributed by atoms with van der Waals surface area (Å²) in [7, 11) is 1.87. The maximum absolute atomic E-state index is 13.1. The molecule has 1 aliphatic rings. The molecule has 0 bridgehead atoms. The van der Waals surface area contributed by atoms with Crippen LogP contribution < -0.4 is 0 Å². The molecule has 0 aliphatic carbocycles. The molecule has 0 saturated carbocycles. The molecule has 1 amide bonds. The zero-order valence-corrected chi connectivity index (χ0v) is 14.4. The van der Waals surface area contributed by atoms with Crippen LogP contribution in [0.2, 0.25) is 0 Å². The summed E-state index contributed by atoms with van der Waals surface area (Å²) >= 11 is 0. The topological polar surface area (TPSA) is 58.8 Å². The SMILES string of the molecule is Cc1cc(CN(C)CC(=O)N2CCOC(c3ccc(F)cc3)C2)no1. The highest BCUT2D eigenvalue weighted by Crippen LogP contribution is 2.22. The van der Waals surface area contributed by atoms with Gasteiger partial charge in [0.1, 0.15) is 17.7 Å². The molecule has 1 atom stereocenters. The molecule has 1 aliphatic heterocycles. The molecule has 1 unspecified atom stereocenters. The molecule has 25 heavy (non-hydrogen) atoms. The number of carbonyl (C=O) groups is 1. The average molecular weight is 347 g/mol. The van der Waals surface area contributed by atoms with Crippen LogP contribution in [0.3, 0.4) is 0 Å². The third kappa shape index (κ3) is 4.64. The molecule has 134 valence electrons. The first-order valence-corrected chi connectivity index (χ1v) is 8.27. The summed E-state index contributed by atoms with van der Waals surface area (Å²) in [5, 5.41) is 3.94. The van der Waals surface area contributed by atoms with Crippen molar-refractivity contribution in [2.45, 2.75) is 19.6 Å². The number of rotatable bonds is 5. The summed E-state index contributed by atoms with van der Waals surface area (Å²) in [6.45, 7) is 4.19. The summed E-state index contributed by atoms with van der Waals surface area (Å²) in [6, 6.07) is 8.08. The minimum atomic E-state index is -0.280. The molecule has 0 radical (unpaired) electrons. The van der Waals surface area contributed by atoms with Gasteiger partial charge in [0.25, 0.3) is 0 Å². The number of benzene rings is 1. The number of ether oxygens (including phenoxy) is 1. The van der Waals surface area contributed by atoms with Crippen molar-refractivity contribution >= 4 is 5.91 Å². The highest BCUT2D eigenvalue weighted by molar-refractivity contribution is 5.78. The first-order chi connectivity index (χ1) is 12.0. The zero-order chi connectivity index (χ0) is 17.8. The van der Waals surface area contributed by atoms with Crippen LogP contribution in [-0.4, -0.2) is 54.2 Å². The van der Waals surface area contributed by atoms with Gasteiger partial charge in [-0.1, -0.05) is 17.3 Å². The smallest absolute Gasteiger partial charge is 0.236 e. The molecule has 1 saturated heterocycles. The lowest BCUT2D eigenvalue weighted by molar-refractivity contribution is -0.140. The minimum absolute atomic E-state index is 0.0399. The van der Waals surface area contributed by atoms with E-state index < -0.39 is 0 Å². The van der Waals surface area contributed by atoms with E-state index >= 15 is 0 Å². The quantitative estimate of drug-likeness (QED) is 0.829. The number of amides is 1. The Bertz CT molecular complexity index is 717. The van der Waals surface area contributed by atoms with Crippen LogP contribution in [0.25, 0.3) is 0 Å². The Morgan fingerprint density at radius 1 is 1.40 bits per heavy atom. The number of halogens is 1.